The number of ether oxygens (including phenoxy) is 1. The van der Waals surface area contributed by atoms with E-state index in [0.717, 1.165) is 15.4 Å². The molecule has 0 aliphatic heterocycles. The predicted molar refractivity (Wildman–Crippen MR) is 153 cm³/mol. The molecule has 1 atom stereocenters. The number of nitrogens with one attached hydrogen (secondary N) is 1. The van der Waals surface area contributed by atoms with Crippen LogP contribution in [0.4, 0.5) is 5.69 Å². The first-order valence-corrected chi connectivity index (χ1v) is 14.2. The van der Waals surface area contributed by atoms with Crippen molar-refractivity contribution in [2.24, 2.45) is 0 Å². The van der Waals surface area contributed by atoms with Crippen LogP contribution in [0.25, 0.3) is 0 Å². The monoisotopic (exact) mass is 551 g/mol. The van der Waals surface area contributed by atoms with E-state index in [9.17, 15) is 18.0 Å². The number of anilines is 1. The molecule has 0 aromatic heterocycles. The molecule has 0 bridgehead atoms. The lowest BCUT2D eigenvalue weighted by Crippen LogP contribution is -2.54. The molecule has 3 aromatic rings. The summed E-state index contributed by atoms with van der Waals surface area (Å²) in [5.41, 5.74) is 1.43. The number of aryl methyl sites for hydroxylation is 1. The average molecular weight is 552 g/mol. The van der Waals surface area contributed by atoms with Gasteiger partial charge in [-0.1, -0.05) is 60.2 Å². The fourth-order valence-electron chi connectivity index (χ4n) is 4.02. The highest BCUT2D eigenvalue weighted by atomic mass is 32.2. The number of para-hydroxylation sites is 2. The fourth-order valence-corrected chi connectivity index (χ4v) is 5.45. The largest absolute Gasteiger partial charge is 0.495 e. The molecule has 39 heavy (non-hydrogen) atoms. The SMILES string of the molecule is COc1ccccc1N(CC(=O)N(Cc1ccccc1)[C@@H](C)C(=O)NC(C)(C)C)S(=O)(=O)c1ccc(C)cc1. The number of carbonyl (C=O) groups excluding carboxylic acids is 2. The van der Waals surface area contributed by atoms with Crippen LogP contribution in [0.5, 0.6) is 5.75 Å². The van der Waals surface area contributed by atoms with Gasteiger partial charge in [0.05, 0.1) is 17.7 Å². The van der Waals surface area contributed by atoms with Crippen LogP contribution in [0.3, 0.4) is 0 Å². The summed E-state index contributed by atoms with van der Waals surface area (Å²) in [5.74, 6) is -0.567. The molecule has 8 nitrogen and oxygen atoms in total. The van der Waals surface area contributed by atoms with Crippen molar-refractivity contribution in [1.82, 2.24) is 10.2 Å². The molecule has 0 radical (unpaired) electrons. The smallest absolute Gasteiger partial charge is 0.264 e. The Labute approximate surface area is 231 Å². The molecule has 0 aliphatic rings. The maximum atomic E-state index is 14.0. The van der Waals surface area contributed by atoms with Crippen LogP contribution in [0.1, 0.15) is 38.8 Å². The molecule has 208 valence electrons. The number of carbonyl (C=O) groups is 2. The fraction of sp³-hybridized carbons (Fsp3) is 0.333. The molecule has 2 amide bonds. The van der Waals surface area contributed by atoms with E-state index in [1.165, 1.54) is 24.1 Å². The number of rotatable bonds is 10. The summed E-state index contributed by atoms with van der Waals surface area (Å²) in [7, 11) is -2.73. The highest BCUT2D eigenvalue weighted by Gasteiger charge is 2.34. The Balaban J connectivity index is 2.06. The van der Waals surface area contributed by atoms with Crippen molar-refractivity contribution in [2.75, 3.05) is 18.0 Å². The molecule has 0 unspecified atom stereocenters. The van der Waals surface area contributed by atoms with Crippen molar-refractivity contribution in [3.05, 3.63) is 90.0 Å². The predicted octanol–water partition coefficient (Wildman–Crippen LogP) is 4.53. The van der Waals surface area contributed by atoms with E-state index in [1.807, 2.05) is 58.0 Å². The first-order chi connectivity index (χ1) is 18.3. The van der Waals surface area contributed by atoms with Crippen molar-refractivity contribution in [2.45, 2.75) is 57.6 Å². The minimum absolute atomic E-state index is 0.0416. The van der Waals surface area contributed by atoms with Gasteiger partial charge in [0.2, 0.25) is 11.8 Å². The van der Waals surface area contributed by atoms with Gasteiger partial charge in [0.15, 0.2) is 0 Å². The molecule has 1 N–H and O–H groups in total. The highest BCUT2D eigenvalue weighted by molar-refractivity contribution is 7.92. The first-order valence-electron chi connectivity index (χ1n) is 12.7. The van der Waals surface area contributed by atoms with Crippen LogP contribution >= 0.6 is 0 Å². The number of hydrogen-bond donors (Lipinski definition) is 1. The summed E-state index contributed by atoms with van der Waals surface area (Å²) in [5, 5.41) is 2.92. The molecule has 3 rings (SSSR count). The van der Waals surface area contributed by atoms with E-state index in [-0.39, 0.29) is 23.0 Å². The summed E-state index contributed by atoms with van der Waals surface area (Å²) in [4.78, 5) is 28.6. The van der Waals surface area contributed by atoms with Crippen molar-refractivity contribution >= 4 is 27.5 Å². The van der Waals surface area contributed by atoms with E-state index >= 15 is 0 Å². The number of sulfonamides is 1. The molecule has 9 heteroatoms. The topological polar surface area (TPSA) is 96.0 Å². The zero-order chi connectivity index (χ0) is 28.8. The van der Waals surface area contributed by atoms with Crippen LogP contribution in [0.15, 0.2) is 83.8 Å². The summed E-state index contributed by atoms with van der Waals surface area (Å²) >= 11 is 0. The summed E-state index contributed by atoms with van der Waals surface area (Å²) < 4.78 is 34.4. The van der Waals surface area contributed by atoms with Crippen LogP contribution in [-0.2, 0) is 26.2 Å². The lowest BCUT2D eigenvalue weighted by molar-refractivity contribution is -0.140. The van der Waals surface area contributed by atoms with Gasteiger partial charge < -0.3 is 15.0 Å². The molecule has 0 aliphatic carbocycles. The molecular formula is C30H37N3O5S. The second-order valence-electron chi connectivity index (χ2n) is 10.4. The van der Waals surface area contributed by atoms with Gasteiger partial charge >= 0.3 is 0 Å². The third-order valence-electron chi connectivity index (χ3n) is 6.10. The Morgan fingerprint density at radius 1 is 0.923 bits per heavy atom. The number of benzene rings is 3. The summed E-state index contributed by atoms with van der Waals surface area (Å²) in [6.45, 7) is 8.68. The van der Waals surface area contributed by atoms with E-state index in [1.54, 1.807) is 43.3 Å². The van der Waals surface area contributed by atoms with Crippen LogP contribution in [-0.4, -0.2) is 50.4 Å². The van der Waals surface area contributed by atoms with Gasteiger partial charge in [0, 0.05) is 12.1 Å². The van der Waals surface area contributed by atoms with Gasteiger partial charge in [-0.3, -0.25) is 13.9 Å². The maximum absolute atomic E-state index is 14.0. The van der Waals surface area contributed by atoms with Gasteiger partial charge in [-0.05, 0) is 64.4 Å². The average Bonchev–Trinajstić information content (AvgIpc) is 2.89. The van der Waals surface area contributed by atoms with E-state index in [2.05, 4.69) is 5.32 Å². The lowest BCUT2D eigenvalue weighted by atomic mass is 10.1. The molecule has 0 saturated carbocycles. The van der Waals surface area contributed by atoms with Crippen molar-refractivity contribution in [3.8, 4) is 5.75 Å². The van der Waals surface area contributed by atoms with Crippen LogP contribution in [0, 0.1) is 6.92 Å². The van der Waals surface area contributed by atoms with E-state index < -0.39 is 34.1 Å². The van der Waals surface area contributed by atoms with E-state index in [4.69, 9.17) is 4.74 Å². The van der Waals surface area contributed by atoms with Crippen molar-refractivity contribution in [3.63, 3.8) is 0 Å². The summed E-state index contributed by atoms with van der Waals surface area (Å²) in [6, 6.07) is 21.5. The first kappa shape index (κ1) is 29.7. The molecule has 0 heterocycles. The van der Waals surface area contributed by atoms with Crippen molar-refractivity contribution in [1.29, 1.82) is 0 Å². The molecular weight excluding hydrogens is 514 g/mol. The van der Waals surface area contributed by atoms with Crippen LogP contribution in [0.2, 0.25) is 0 Å². The second-order valence-corrected chi connectivity index (χ2v) is 12.3. The number of nitrogens with zero attached hydrogens (tertiary/aromatic N) is 2. The van der Waals surface area contributed by atoms with Gasteiger partial charge in [0.1, 0.15) is 18.3 Å². The van der Waals surface area contributed by atoms with Crippen LogP contribution < -0.4 is 14.4 Å². The minimum Gasteiger partial charge on any atom is -0.495 e. The van der Waals surface area contributed by atoms with E-state index in [0.29, 0.717) is 5.75 Å². The Bertz CT molecular complexity index is 1380. The Morgan fingerprint density at radius 3 is 2.10 bits per heavy atom. The lowest BCUT2D eigenvalue weighted by Gasteiger charge is -2.33. The molecule has 0 fully saturated rings. The molecule has 0 saturated heterocycles. The van der Waals surface area contributed by atoms with Crippen molar-refractivity contribution < 1.29 is 22.7 Å². The Morgan fingerprint density at radius 2 is 1.51 bits per heavy atom. The molecule has 3 aromatic carbocycles. The number of amides is 2. The second kappa shape index (κ2) is 12.3. The minimum atomic E-state index is -4.17. The quantitative estimate of drug-likeness (QED) is 0.399. The standard InChI is InChI=1S/C30H37N3O5S/c1-22-16-18-25(19-17-22)39(36,37)33(26-14-10-11-15-27(26)38-6)21-28(34)32(20-24-12-8-7-9-13-24)23(2)29(35)31-30(3,4)5/h7-19,23H,20-21H2,1-6H3,(H,31,35)/t23-/m0/s1. The highest BCUT2D eigenvalue weighted by Crippen LogP contribution is 2.32. The molecule has 0 spiro atoms. The van der Waals surface area contributed by atoms with Gasteiger partial charge in [-0.2, -0.15) is 0 Å². The number of methoxy groups -OCH3 is 1. The van der Waals surface area contributed by atoms with Gasteiger partial charge in [-0.25, -0.2) is 8.42 Å². The zero-order valence-corrected chi connectivity index (χ0v) is 24.2. The Hall–Kier alpha value is -3.85. The third-order valence-corrected chi connectivity index (χ3v) is 7.88. The third kappa shape index (κ3) is 7.60. The van der Waals surface area contributed by atoms with Gasteiger partial charge in [-0.15, -0.1) is 0 Å². The summed E-state index contributed by atoms with van der Waals surface area (Å²) in [6.07, 6.45) is 0. The van der Waals surface area contributed by atoms with Gasteiger partial charge in [0.25, 0.3) is 10.0 Å². The zero-order valence-electron chi connectivity index (χ0n) is 23.3. The Kier molecular flexibility index (Phi) is 9.40. The maximum Gasteiger partial charge on any atom is 0.264 e. The number of hydrogen-bond acceptors (Lipinski definition) is 5. The normalized spacial score (nSPS) is 12.4.